The maximum atomic E-state index is 11.7. The van der Waals surface area contributed by atoms with E-state index in [9.17, 15) is 4.79 Å². The molecule has 0 fully saturated rings. The second-order valence-corrected chi connectivity index (χ2v) is 3.94. The summed E-state index contributed by atoms with van der Waals surface area (Å²) >= 11 is 0. The van der Waals surface area contributed by atoms with Gasteiger partial charge in [-0.2, -0.15) is 5.10 Å². The summed E-state index contributed by atoms with van der Waals surface area (Å²) < 4.78 is 0. The monoisotopic (exact) mass is 408 g/mol. The SMILES string of the molecule is C/C(=N\NC(=O)c1ccccc1)c1ccccn1.O=[N+]([O-])[O-].[Ag+]. The molecule has 124 valence electrons. The Morgan fingerprint density at radius 1 is 1.13 bits per heavy atom. The molecular weight excluding hydrogens is 396 g/mol. The fourth-order valence-corrected chi connectivity index (χ4v) is 1.42. The van der Waals surface area contributed by atoms with E-state index < -0.39 is 5.09 Å². The molecule has 2 rings (SSSR count). The van der Waals surface area contributed by atoms with Crippen LogP contribution in [0.2, 0.25) is 0 Å². The van der Waals surface area contributed by atoms with E-state index in [1.54, 1.807) is 25.3 Å². The summed E-state index contributed by atoms with van der Waals surface area (Å²) in [7, 11) is 0. The Morgan fingerprint density at radius 3 is 2.22 bits per heavy atom. The number of pyridine rings is 1. The number of hydrogen-bond donors (Lipinski definition) is 1. The molecule has 0 aliphatic rings. The van der Waals surface area contributed by atoms with E-state index in [0.29, 0.717) is 11.3 Å². The molecular formula is C14H13AgN4O4. The number of nitrogens with one attached hydrogen (secondary N) is 1. The molecule has 0 atom stereocenters. The van der Waals surface area contributed by atoms with Crippen molar-refractivity contribution in [2.45, 2.75) is 6.92 Å². The smallest absolute Gasteiger partial charge is 0.356 e. The molecule has 0 spiro atoms. The van der Waals surface area contributed by atoms with Crippen LogP contribution in [0.1, 0.15) is 23.0 Å². The number of rotatable bonds is 3. The van der Waals surface area contributed by atoms with Crippen molar-refractivity contribution in [1.29, 1.82) is 0 Å². The number of amides is 1. The Morgan fingerprint density at radius 2 is 1.70 bits per heavy atom. The summed E-state index contributed by atoms with van der Waals surface area (Å²) in [6.07, 6.45) is 1.69. The van der Waals surface area contributed by atoms with Gasteiger partial charge in [0, 0.05) is 11.8 Å². The van der Waals surface area contributed by atoms with E-state index in [1.165, 1.54) is 0 Å². The minimum absolute atomic E-state index is 0. The van der Waals surface area contributed by atoms with E-state index in [2.05, 4.69) is 15.5 Å². The largest absolute Gasteiger partial charge is 1.00 e. The first-order chi connectivity index (χ1) is 10.5. The molecule has 8 nitrogen and oxygen atoms in total. The zero-order valence-corrected chi connectivity index (χ0v) is 13.5. The molecule has 23 heavy (non-hydrogen) atoms. The Bertz CT molecular complexity index is 646. The topological polar surface area (TPSA) is 121 Å². The first kappa shape index (κ1) is 20.5. The van der Waals surface area contributed by atoms with Crippen LogP contribution in [-0.4, -0.2) is 21.7 Å². The number of carbonyl (C=O) groups excluding carboxylic acids is 1. The second-order valence-electron chi connectivity index (χ2n) is 3.94. The molecule has 0 bridgehead atoms. The number of carbonyl (C=O) groups is 1. The van der Waals surface area contributed by atoms with Gasteiger partial charge in [-0.15, -0.1) is 0 Å². The third kappa shape index (κ3) is 8.47. The molecule has 2 aromatic rings. The van der Waals surface area contributed by atoms with Gasteiger partial charge in [0.1, 0.15) is 0 Å². The summed E-state index contributed by atoms with van der Waals surface area (Å²) in [5.74, 6) is -0.231. The number of hydrazone groups is 1. The van der Waals surface area contributed by atoms with E-state index >= 15 is 0 Å². The zero-order valence-electron chi connectivity index (χ0n) is 12.0. The maximum Gasteiger partial charge on any atom is 1.00 e. The summed E-state index contributed by atoms with van der Waals surface area (Å²) in [6, 6.07) is 14.5. The van der Waals surface area contributed by atoms with Crippen molar-refractivity contribution in [3.8, 4) is 0 Å². The van der Waals surface area contributed by atoms with Crippen LogP contribution in [0.3, 0.4) is 0 Å². The standard InChI is InChI=1S/C14H13N3O.Ag.NO3/c1-11(13-9-5-6-10-15-13)16-17-14(18)12-7-3-2-4-8-12;;2-1(3)4/h2-10H,1H3,(H,17,18);;/q;+1;-1/b16-11+;;. The van der Waals surface area contributed by atoms with Crippen LogP contribution in [0.5, 0.6) is 0 Å². The number of nitrogens with zero attached hydrogens (tertiary/aromatic N) is 3. The van der Waals surface area contributed by atoms with Gasteiger partial charge in [0.15, 0.2) is 0 Å². The van der Waals surface area contributed by atoms with E-state index in [1.807, 2.05) is 36.4 Å². The molecule has 0 aliphatic heterocycles. The number of hydrogen-bond acceptors (Lipinski definition) is 6. The first-order valence-corrected chi connectivity index (χ1v) is 6.13. The average molecular weight is 409 g/mol. The van der Waals surface area contributed by atoms with Gasteiger partial charge in [-0.1, -0.05) is 24.3 Å². The predicted octanol–water partition coefficient (Wildman–Crippen LogP) is 1.99. The molecule has 0 aliphatic carbocycles. The van der Waals surface area contributed by atoms with Gasteiger partial charge in [-0.05, 0) is 31.2 Å². The van der Waals surface area contributed by atoms with Crippen LogP contribution in [-0.2, 0) is 22.4 Å². The summed E-state index contributed by atoms with van der Waals surface area (Å²) in [4.78, 5) is 24.1. The summed E-state index contributed by atoms with van der Waals surface area (Å²) in [6.45, 7) is 1.80. The fraction of sp³-hybridized carbons (Fsp3) is 0.0714. The normalized spacial score (nSPS) is 9.70. The Kier molecular flexibility index (Phi) is 9.85. The third-order valence-electron chi connectivity index (χ3n) is 2.40. The molecule has 0 unspecified atom stereocenters. The van der Waals surface area contributed by atoms with Crippen molar-refractivity contribution in [2.75, 3.05) is 0 Å². The van der Waals surface area contributed by atoms with Gasteiger partial charge in [0.25, 0.3) is 5.91 Å². The van der Waals surface area contributed by atoms with Crippen molar-refractivity contribution in [3.63, 3.8) is 0 Å². The molecule has 9 heteroatoms. The van der Waals surface area contributed by atoms with Crippen LogP contribution in [0.25, 0.3) is 0 Å². The maximum absolute atomic E-state index is 11.7. The Labute approximate surface area is 147 Å². The minimum atomic E-state index is -1.75. The molecule has 1 aromatic heterocycles. The van der Waals surface area contributed by atoms with Crippen LogP contribution in [0.4, 0.5) is 0 Å². The van der Waals surface area contributed by atoms with Crippen molar-refractivity contribution >= 4 is 11.6 Å². The minimum Gasteiger partial charge on any atom is -0.356 e. The molecule has 1 amide bonds. The van der Waals surface area contributed by atoms with Crippen LogP contribution < -0.4 is 5.43 Å². The Hall–Kier alpha value is -2.55. The molecule has 0 saturated heterocycles. The van der Waals surface area contributed by atoms with E-state index in [-0.39, 0.29) is 28.3 Å². The first-order valence-electron chi connectivity index (χ1n) is 6.13. The van der Waals surface area contributed by atoms with Crippen molar-refractivity contribution in [3.05, 3.63) is 81.3 Å². The van der Waals surface area contributed by atoms with E-state index in [0.717, 1.165) is 5.69 Å². The fourth-order valence-electron chi connectivity index (χ4n) is 1.42. The van der Waals surface area contributed by atoms with Gasteiger partial charge >= 0.3 is 22.4 Å². The summed E-state index contributed by atoms with van der Waals surface area (Å²) in [5, 5.41) is 18.8. The summed E-state index contributed by atoms with van der Waals surface area (Å²) in [5.41, 5.74) is 4.49. The number of benzene rings is 1. The Balaban J connectivity index is 0.000000871. The van der Waals surface area contributed by atoms with Crippen LogP contribution >= 0.6 is 0 Å². The molecule has 1 aromatic carbocycles. The molecule has 1 heterocycles. The van der Waals surface area contributed by atoms with Gasteiger partial charge in [-0.3, -0.25) is 9.78 Å². The van der Waals surface area contributed by atoms with Crippen molar-refractivity contribution in [2.24, 2.45) is 5.10 Å². The third-order valence-corrected chi connectivity index (χ3v) is 2.40. The van der Waals surface area contributed by atoms with Crippen LogP contribution in [0, 0.1) is 15.3 Å². The molecule has 0 radical (unpaired) electrons. The van der Waals surface area contributed by atoms with Gasteiger partial charge in [0.05, 0.1) is 16.5 Å². The van der Waals surface area contributed by atoms with Gasteiger partial charge in [-0.25, -0.2) is 5.43 Å². The molecule has 1 N–H and O–H groups in total. The van der Waals surface area contributed by atoms with Crippen molar-refractivity contribution < 1.29 is 32.3 Å². The molecule has 0 saturated carbocycles. The zero-order chi connectivity index (χ0) is 16.4. The second kappa shape index (κ2) is 11.1. The van der Waals surface area contributed by atoms with Crippen LogP contribution in [0.15, 0.2) is 59.8 Å². The quantitative estimate of drug-likeness (QED) is 0.360. The van der Waals surface area contributed by atoms with E-state index in [4.69, 9.17) is 15.3 Å². The van der Waals surface area contributed by atoms with Gasteiger partial charge in [0.2, 0.25) is 0 Å². The van der Waals surface area contributed by atoms with Gasteiger partial charge < -0.3 is 15.3 Å². The number of aromatic nitrogens is 1. The average Bonchev–Trinajstić information content (AvgIpc) is 2.53. The predicted molar refractivity (Wildman–Crippen MR) is 80.7 cm³/mol. The van der Waals surface area contributed by atoms with Crippen molar-refractivity contribution in [1.82, 2.24) is 10.4 Å².